The van der Waals surface area contributed by atoms with Crippen LogP contribution in [0.4, 0.5) is 4.79 Å². The lowest BCUT2D eigenvalue weighted by Crippen LogP contribution is -2.51. The molecule has 4 amide bonds. The number of hydrogen-bond acceptors (Lipinski definition) is 7. The van der Waals surface area contributed by atoms with Gasteiger partial charge in [-0.3, -0.25) is 15.0 Å². The summed E-state index contributed by atoms with van der Waals surface area (Å²) in [6.07, 6.45) is 3.51. The van der Waals surface area contributed by atoms with Crippen molar-refractivity contribution in [3.8, 4) is 0 Å². The summed E-state index contributed by atoms with van der Waals surface area (Å²) < 4.78 is 27.8. The van der Waals surface area contributed by atoms with Gasteiger partial charge in [0.15, 0.2) is 6.61 Å². The molecule has 11 nitrogen and oxygen atoms in total. The van der Waals surface area contributed by atoms with Crippen molar-refractivity contribution in [1.82, 2.24) is 15.8 Å². The number of amides is 4. The number of nitrogens with zero attached hydrogens (tertiary/aromatic N) is 1. The van der Waals surface area contributed by atoms with Crippen LogP contribution < -0.4 is 15.9 Å². The number of benzene rings is 1. The molecule has 1 saturated carbocycles. The molecule has 162 valence electrons. The third-order valence-corrected chi connectivity index (χ3v) is 6.31. The van der Waals surface area contributed by atoms with Crippen molar-refractivity contribution in [1.29, 1.82) is 0 Å². The number of sulfonamides is 1. The Morgan fingerprint density at radius 1 is 1.23 bits per heavy atom. The Bertz CT molecular complexity index is 1020. The largest absolute Gasteiger partial charge is 0.452 e. The highest BCUT2D eigenvalue weighted by molar-refractivity contribution is 7.89. The van der Waals surface area contributed by atoms with E-state index in [-0.39, 0.29) is 10.6 Å². The fourth-order valence-corrected chi connectivity index (χ4v) is 4.51. The highest BCUT2D eigenvalue weighted by Crippen LogP contribution is 2.33. The number of hydrogen-bond donors (Lipinski definition) is 3. The van der Waals surface area contributed by atoms with Crippen LogP contribution in [0.1, 0.15) is 42.5 Å². The number of esters is 1. The van der Waals surface area contributed by atoms with E-state index in [4.69, 9.17) is 21.5 Å². The number of imide groups is 1. The zero-order valence-corrected chi connectivity index (χ0v) is 17.2. The predicted molar refractivity (Wildman–Crippen MR) is 102 cm³/mol. The van der Waals surface area contributed by atoms with Crippen molar-refractivity contribution in [2.24, 2.45) is 5.14 Å². The van der Waals surface area contributed by atoms with Gasteiger partial charge in [-0.15, -0.1) is 0 Å². The molecule has 1 spiro atoms. The molecule has 30 heavy (non-hydrogen) atoms. The molecule has 1 aliphatic carbocycles. The fourth-order valence-electron chi connectivity index (χ4n) is 3.44. The molecular weight excluding hydrogens is 440 g/mol. The van der Waals surface area contributed by atoms with Crippen molar-refractivity contribution >= 4 is 45.4 Å². The summed E-state index contributed by atoms with van der Waals surface area (Å²) in [5, 5.41) is 8.05. The molecule has 0 unspecified atom stereocenters. The highest BCUT2D eigenvalue weighted by Gasteiger charge is 2.52. The first-order valence-corrected chi connectivity index (χ1v) is 10.9. The number of nitrogens with two attached hydrogens (primary N) is 1. The molecule has 0 aromatic heterocycles. The monoisotopic (exact) mass is 458 g/mol. The third-order valence-electron chi connectivity index (χ3n) is 4.91. The van der Waals surface area contributed by atoms with Crippen LogP contribution in [0, 0.1) is 0 Å². The Hall–Kier alpha value is -2.70. The molecule has 13 heteroatoms. The fraction of sp³-hybridized carbons (Fsp3) is 0.412. The number of hydrazine groups is 1. The van der Waals surface area contributed by atoms with Crippen molar-refractivity contribution < 1.29 is 32.3 Å². The van der Waals surface area contributed by atoms with E-state index < -0.39 is 50.9 Å². The van der Waals surface area contributed by atoms with Crippen LogP contribution in [0.5, 0.6) is 0 Å². The topological polar surface area (TPSA) is 165 Å². The lowest BCUT2D eigenvalue weighted by molar-refractivity contribution is -0.140. The van der Waals surface area contributed by atoms with Crippen LogP contribution in [0.25, 0.3) is 0 Å². The summed E-state index contributed by atoms with van der Waals surface area (Å²) in [4.78, 5) is 48.4. The van der Waals surface area contributed by atoms with Gasteiger partial charge in [0.2, 0.25) is 10.0 Å². The number of primary sulfonamides is 1. The summed E-state index contributed by atoms with van der Waals surface area (Å²) in [6.45, 7) is -0.809. The van der Waals surface area contributed by atoms with Crippen LogP contribution in [0.2, 0.25) is 5.02 Å². The average molecular weight is 459 g/mol. The molecule has 2 fully saturated rings. The van der Waals surface area contributed by atoms with Gasteiger partial charge < -0.3 is 10.1 Å². The van der Waals surface area contributed by atoms with E-state index in [1.165, 1.54) is 6.07 Å². The van der Waals surface area contributed by atoms with Gasteiger partial charge in [-0.2, -0.15) is 5.01 Å². The van der Waals surface area contributed by atoms with Gasteiger partial charge >= 0.3 is 12.0 Å². The van der Waals surface area contributed by atoms with Crippen LogP contribution >= 0.6 is 11.6 Å². The number of halogens is 1. The Morgan fingerprint density at radius 2 is 1.90 bits per heavy atom. The number of carbonyl (C=O) groups excluding carboxylic acids is 4. The summed E-state index contributed by atoms with van der Waals surface area (Å²) in [5.74, 6) is -2.49. The van der Waals surface area contributed by atoms with Crippen LogP contribution in [-0.2, 0) is 24.3 Å². The summed E-state index contributed by atoms with van der Waals surface area (Å²) in [7, 11) is -4.17. The number of carbonyl (C=O) groups is 4. The molecule has 1 aromatic rings. The van der Waals surface area contributed by atoms with E-state index in [2.05, 4.69) is 10.7 Å². The van der Waals surface area contributed by atoms with Gasteiger partial charge in [0.05, 0.1) is 10.6 Å². The highest BCUT2D eigenvalue weighted by atomic mass is 35.5. The lowest BCUT2D eigenvalue weighted by Gasteiger charge is -2.30. The maximum Gasteiger partial charge on any atom is 0.344 e. The quantitative estimate of drug-likeness (QED) is 0.425. The van der Waals surface area contributed by atoms with Crippen LogP contribution in [-0.4, -0.2) is 49.4 Å². The van der Waals surface area contributed by atoms with E-state index >= 15 is 0 Å². The van der Waals surface area contributed by atoms with Gasteiger partial charge in [-0.1, -0.05) is 30.9 Å². The van der Waals surface area contributed by atoms with Gasteiger partial charge in [-0.25, -0.2) is 23.1 Å². The van der Waals surface area contributed by atoms with Gasteiger partial charge in [0, 0.05) is 0 Å². The molecule has 1 heterocycles. The third kappa shape index (κ3) is 4.40. The molecule has 0 radical (unpaired) electrons. The van der Waals surface area contributed by atoms with E-state index in [1.54, 1.807) is 0 Å². The van der Waals surface area contributed by atoms with E-state index in [0.717, 1.165) is 31.4 Å². The SMILES string of the molecule is NS(=O)(=O)c1cc(C(=O)OCC(=O)NN2C(=O)NC3(CCCCC3)C2=O)ccc1Cl. The molecule has 0 atom stereocenters. The van der Waals surface area contributed by atoms with Gasteiger partial charge in [0.25, 0.3) is 11.8 Å². The second kappa shape index (κ2) is 8.20. The smallest absolute Gasteiger partial charge is 0.344 e. The second-order valence-corrected chi connectivity index (χ2v) is 8.95. The van der Waals surface area contributed by atoms with Crippen molar-refractivity contribution in [3.63, 3.8) is 0 Å². The zero-order chi connectivity index (χ0) is 22.1. The maximum absolute atomic E-state index is 12.6. The van der Waals surface area contributed by atoms with E-state index in [1.807, 2.05) is 0 Å². The normalized spacial score (nSPS) is 18.3. The van der Waals surface area contributed by atoms with Crippen molar-refractivity contribution in [2.45, 2.75) is 42.5 Å². The molecule has 3 rings (SSSR count). The molecule has 4 N–H and O–H groups in total. The number of rotatable bonds is 5. The minimum Gasteiger partial charge on any atom is -0.452 e. The maximum atomic E-state index is 12.6. The molecule has 1 aromatic carbocycles. The molecule has 2 aliphatic rings. The van der Waals surface area contributed by atoms with Crippen LogP contribution in [0.15, 0.2) is 23.1 Å². The Morgan fingerprint density at radius 3 is 2.53 bits per heavy atom. The lowest BCUT2D eigenvalue weighted by atomic mass is 9.82. The summed E-state index contributed by atoms with van der Waals surface area (Å²) >= 11 is 5.75. The second-order valence-electron chi connectivity index (χ2n) is 7.01. The molecule has 1 aliphatic heterocycles. The predicted octanol–water partition coefficient (Wildman–Crippen LogP) is 0.430. The first-order valence-electron chi connectivity index (χ1n) is 8.99. The van der Waals surface area contributed by atoms with E-state index in [0.29, 0.717) is 17.9 Å². The van der Waals surface area contributed by atoms with Gasteiger partial charge in [-0.05, 0) is 31.0 Å². The average Bonchev–Trinajstić information content (AvgIpc) is 2.90. The first-order chi connectivity index (χ1) is 14.0. The number of ether oxygens (including phenoxy) is 1. The standard InChI is InChI=1S/C17H19ClN4O7S/c18-11-5-4-10(8-12(11)30(19,27)28)14(24)29-9-13(23)21-22-15(25)17(20-16(22)26)6-2-1-3-7-17/h4-5,8H,1-3,6-7,9H2,(H,20,26)(H,21,23)(H2,19,27,28). The molecular formula is C17H19ClN4O7S. The number of urea groups is 1. The Kier molecular flexibility index (Phi) is 6.01. The van der Waals surface area contributed by atoms with Crippen LogP contribution in [0.3, 0.4) is 0 Å². The zero-order valence-electron chi connectivity index (χ0n) is 15.6. The van der Waals surface area contributed by atoms with Crippen molar-refractivity contribution in [3.05, 3.63) is 28.8 Å². The van der Waals surface area contributed by atoms with Gasteiger partial charge in [0.1, 0.15) is 10.4 Å². The van der Waals surface area contributed by atoms with E-state index in [9.17, 15) is 27.6 Å². The minimum atomic E-state index is -4.17. The Balaban J connectivity index is 1.60. The molecule has 0 bridgehead atoms. The summed E-state index contributed by atoms with van der Waals surface area (Å²) in [6, 6.07) is 2.51. The summed E-state index contributed by atoms with van der Waals surface area (Å²) in [5.41, 5.74) is 0.911. The Labute approximate surface area is 176 Å². The number of nitrogens with one attached hydrogen (secondary N) is 2. The first kappa shape index (κ1) is 22.0. The minimum absolute atomic E-state index is 0.179. The molecule has 1 saturated heterocycles. The van der Waals surface area contributed by atoms with Crippen molar-refractivity contribution in [2.75, 3.05) is 6.61 Å².